The first-order chi connectivity index (χ1) is 8.90. The summed E-state index contributed by atoms with van der Waals surface area (Å²) in [6.07, 6.45) is 0.832. The molecule has 7 nitrogen and oxygen atoms in total. The summed E-state index contributed by atoms with van der Waals surface area (Å²) in [6.45, 7) is 2.50. The van der Waals surface area contributed by atoms with Crippen molar-refractivity contribution in [3.05, 3.63) is 0 Å². The third kappa shape index (κ3) is 4.46. The van der Waals surface area contributed by atoms with Crippen LogP contribution in [0.5, 0.6) is 0 Å². The second kappa shape index (κ2) is 6.85. The van der Waals surface area contributed by atoms with E-state index >= 15 is 0 Å². The van der Waals surface area contributed by atoms with Crippen molar-refractivity contribution in [1.29, 1.82) is 0 Å². The minimum absolute atomic E-state index is 0.225. The van der Waals surface area contributed by atoms with Crippen molar-refractivity contribution in [3.8, 4) is 0 Å². The molecule has 1 aliphatic heterocycles. The predicted octanol–water partition coefficient (Wildman–Crippen LogP) is -0.236. The molecular weight excluding hydrogens is 274 g/mol. The van der Waals surface area contributed by atoms with Crippen LogP contribution in [0.15, 0.2) is 0 Å². The van der Waals surface area contributed by atoms with Gasteiger partial charge in [-0.05, 0) is 19.8 Å². The largest absolute Gasteiger partial charge is 0.468 e. The van der Waals surface area contributed by atoms with E-state index in [-0.39, 0.29) is 25.0 Å². The number of hydrogen-bond acceptors (Lipinski definition) is 6. The number of carbonyl (C=O) groups is 2. The van der Waals surface area contributed by atoms with Crippen molar-refractivity contribution < 1.29 is 27.5 Å². The highest BCUT2D eigenvalue weighted by atomic mass is 32.2. The molecule has 0 spiro atoms. The lowest BCUT2D eigenvalue weighted by molar-refractivity contribution is -0.149. The van der Waals surface area contributed by atoms with E-state index in [0.717, 1.165) is 7.11 Å². The molecule has 110 valence electrons. The van der Waals surface area contributed by atoms with Gasteiger partial charge in [0, 0.05) is 13.1 Å². The molecule has 0 radical (unpaired) electrons. The van der Waals surface area contributed by atoms with Crippen molar-refractivity contribution in [2.24, 2.45) is 5.92 Å². The van der Waals surface area contributed by atoms with Crippen molar-refractivity contribution in [3.63, 3.8) is 0 Å². The molecule has 19 heavy (non-hydrogen) atoms. The van der Waals surface area contributed by atoms with E-state index < -0.39 is 21.7 Å². The van der Waals surface area contributed by atoms with Gasteiger partial charge in [0.25, 0.3) is 0 Å². The van der Waals surface area contributed by atoms with Gasteiger partial charge in [-0.2, -0.15) is 0 Å². The van der Waals surface area contributed by atoms with E-state index in [1.54, 1.807) is 6.92 Å². The summed E-state index contributed by atoms with van der Waals surface area (Å²) in [5.74, 6) is -1.99. The van der Waals surface area contributed by atoms with Crippen LogP contribution in [0.25, 0.3) is 0 Å². The molecule has 8 heteroatoms. The van der Waals surface area contributed by atoms with Gasteiger partial charge in [0.2, 0.25) is 10.0 Å². The quantitative estimate of drug-likeness (QED) is 0.650. The Kier molecular flexibility index (Phi) is 5.74. The number of methoxy groups -OCH3 is 1. The maximum atomic E-state index is 11.9. The molecule has 1 heterocycles. The highest BCUT2D eigenvalue weighted by Gasteiger charge is 2.33. The maximum absolute atomic E-state index is 11.9. The molecule has 1 fully saturated rings. The Morgan fingerprint density at radius 1 is 1.26 bits per heavy atom. The molecular formula is C11H19NO6S. The number of hydrogen-bond donors (Lipinski definition) is 0. The molecule has 0 aliphatic carbocycles. The van der Waals surface area contributed by atoms with Crippen LogP contribution in [0.3, 0.4) is 0 Å². The Morgan fingerprint density at radius 3 is 2.32 bits per heavy atom. The minimum atomic E-state index is -3.65. The number of sulfonamides is 1. The molecule has 0 aromatic carbocycles. The standard InChI is InChI=1S/C11H19NO6S/c1-3-18-11(14)9-4-6-12(7-5-9)19(15,16)8-10(13)17-2/h9H,3-8H2,1-2H3. The number of carbonyl (C=O) groups excluding carboxylic acids is 2. The van der Waals surface area contributed by atoms with Crippen LogP contribution in [0.4, 0.5) is 0 Å². The predicted molar refractivity (Wildman–Crippen MR) is 66.7 cm³/mol. The molecule has 1 saturated heterocycles. The molecule has 1 rings (SSSR count). The average Bonchev–Trinajstić information content (AvgIpc) is 2.38. The van der Waals surface area contributed by atoms with Crippen LogP contribution < -0.4 is 0 Å². The van der Waals surface area contributed by atoms with E-state index in [9.17, 15) is 18.0 Å². The number of ether oxygens (including phenoxy) is 2. The smallest absolute Gasteiger partial charge is 0.322 e. The summed E-state index contributed by atoms with van der Waals surface area (Å²) in [7, 11) is -2.51. The zero-order chi connectivity index (χ0) is 14.5. The van der Waals surface area contributed by atoms with E-state index in [2.05, 4.69) is 4.74 Å². The van der Waals surface area contributed by atoms with Gasteiger partial charge in [-0.15, -0.1) is 0 Å². The number of nitrogens with zero attached hydrogens (tertiary/aromatic N) is 1. The van der Waals surface area contributed by atoms with E-state index in [0.29, 0.717) is 19.4 Å². The molecule has 0 atom stereocenters. The van der Waals surface area contributed by atoms with Crippen LogP contribution in [0.1, 0.15) is 19.8 Å². The van der Waals surface area contributed by atoms with Gasteiger partial charge in [0.15, 0.2) is 5.75 Å². The SMILES string of the molecule is CCOC(=O)C1CCN(S(=O)(=O)CC(=O)OC)CC1. The molecule has 0 amide bonds. The summed E-state index contributed by atoms with van der Waals surface area (Å²) >= 11 is 0. The van der Waals surface area contributed by atoms with Crippen molar-refractivity contribution in [2.45, 2.75) is 19.8 Å². The fourth-order valence-electron chi connectivity index (χ4n) is 1.93. The average molecular weight is 293 g/mol. The lowest BCUT2D eigenvalue weighted by atomic mass is 9.98. The molecule has 1 aliphatic rings. The van der Waals surface area contributed by atoms with E-state index in [1.807, 2.05) is 0 Å². The Hall–Kier alpha value is -1.15. The molecule has 0 N–H and O–H groups in total. The van der Waals surface area contributed by atoms with Gasteiger partial charge >= 0.3 is 11.9 Å². The van der Waals surface area contributed by atoms with Gasteiger partial charge in [0.1, 0.15) is 0 Å². The fourth-order valence-corrected chi connectivity index (χ4v) is 3.29. The second-order valence-corrected chi connectivity index (χ2v) is 6.23. The van der Waals surface area contributed by atoms with Gasteiger partial charge in [0.05, 0.1) is 19.6 Å². The summed E-state index contributed by atoms with van der Waals surface area (Å²) in [5.41, 5.74) is 0. The number of piperidine rings is 1. The topological polar surface area (TPSA) is 90.0 Å². The van der Waals surface area contributed by atoms with Gasteiger partial charge in [-0.25, -0.2) is 12.7 Å². The first-order valence-electron chi connectivity index (χ1n) is 6.12. The monoisotopic (exact) mass is 293 g/mol. The first-order valence-corrected chi connectivity index (χ1v) is 7.73. The first kappa shape index (κ1) is 15.9. The zero-order valence-corrected chi connectivity index (χ0v) is 11.9. The van der Waals surface area contributed by atoms with Gasteiger partial charge < -0.3 is 9.47 Å². The lowest BCUT2D eigenvalue weighted by Gasteiger charge is -2.29. The third-order valence-electron chi connectivity index (χ3n) is 3.00. The zero-order valence-electron chi connectivity index (χ0n) is 11.1. The molecule has 0 aromatic heterocycles. The highest BCUT2D eigenvalue weighted by Crippen LogP contribution is 2.21. The highest BCUT2D eigenvalue weighted by molar-refractivity contribution is 7.89. The van der Waals surface area contributed by atoms with E-state index in [4.69, 9.17) is 4.74 Å². The van der Waals surface area contributed by atoms with Crippen LogP contribution in [0.2, 0.25) is 0 Å². The van der Waals surface area contributed by atoms with Gasteiger partial charge in [-0.3, -0.25) is 9.59 Å². The Balaban J connectivity index is 2.53. The Morgan fingerprint density at radius 2 is 1.84 bits per heavy atom. The van der Waals surface area contributed by atoms with Crippen molar-refractivity contribution in [2.75, 3.05) is 32.6 Å². The van der Waals surface area contributed by atoms with Crippen molar-refractivity contribution >= 4 is 22.0 Å². The maximum Gasteiger partial charge on any atom is 0.322 e. The number of rotatable bonds is 5. The summed E-state index contributed by atoms with van der Waals surface area (Å²) < 4.78 is 34.2. The summed E-state index contributed by atoms with van der Waals surface area (Å²) in [4.78, 5) is 22.5. The lowest BCUT2D eigenvalue weighted by Crippen LogP contribution is -2.42. The second-order valence-electron chi connectivity index (χ2n) is 4.26. The molecule has 0 saturated carbocycles. The Labute approximate surface area is 112 Å². The molecule has 0 bridgehead atoms. The van der Waals surface area contributed by atoms with Gasteiger partial charge in [-0.1, -0.05) is 0 Å². The van der Waals surface area contributed by atoms with Crippen LogP contribution >= 0.6 is 0 Å². The van der Waals surface area contributed by atoms with Crippen LogP contribution in [-0.4, -0.2) is 57.2 Å². The van der Waals surface area contributed by atoms with Crippen LogP contribution in [0, 0.1) is 5.92 Å². The number of esters is 2. The minimum Gasteiger partial charge on any atom is -0.468 e. The van der Waals surface area contributed by atoms with Crippen LogP contribution in [-0.2, 0) is 29.1 Å². The summed E-state index contributed by atoms with van der Waals surface area (Å²) in [6, 6.07) is 0. The molecule has 0 unspecified atom stereocenters. The normalized spacial score (nSPS) is 18.0. The van der Waals surface area contributed by atoms with Crippen molar-refractivity contribution in [1.82, 2.24) is 4.31 Å². The Bertz CT molecular complexity index is 424. The molecule has 0 aromatic rings. The summed E-state index contributed by atoms with van der Waals surface area (Å²) in [5, 5.41) is 0. The fraction of sp³-hybridized carbons (Fsp3) is 0.818. The van der Waals surface area contributed by atoms with E-state index in [1.165, 1.54) is 4.31 Å². The third-order valence-corrected chi connectivity index (χ3v) is 4.75.